The number of hydrogen-bond acceptors (Lipinski definition) is 0. The van der Waals surface area contributed by atoms with Crippen molar-refractivity contribution in [2.75, 3.05) is 0 Å². The maximum Gasteiger partial charge on any atom is 0.0257 e. The van der Waals surface area contributed by atoms with E-state index in [2.05, 4.69) is 75.6 Å². The number of hydrogen-bond donors (Lipinski definition) is 0. The average Bonchev–Trinajstić information content (AvgIpc) is 2.93. The third-order valence-electron chi connectivity index (χ3n) is 13.0. The van der Waals surface area contributed by atoms with E-state index in [9.17, 15) is 0 Å². The van der Waals surface area contributed by atoms with E-state index in [0.29, 0.717) is 32.5 Å². The minimum absolute atomic E-state index is 0.307. The molecular formula is C44H48. The van der Waals surface area contributed by atoms with Crippen molar-refractivity contribution in [1.82, 2.24) is 0 Å². The van der Waals surface area contributed by atoms with Crippen molar-refractivity contribution in [1.29, 1.82) is 0 Å². The molecule has 4 unspecified atom stereocenters. The van der Waals surface area contributed by atoms with Gasteiger partial charge in [0.25, 0.3) is 0 Å². The maximum atomic E-state index is 5.67. The minimum Gasteiger partial charge on any atom is -0.115 e. The first-order valence-electron chi connectivity index (χ1n) is 16.9. The molecule has 44 heavy (non-hydrogen) atoms. The van der Waals surface area contributed by atoms with Crippen molar-refractivity contribution in [3.8, 4) is 49.4 Å². The summed E-state index contributed by atoms with van der Waals surface area (Å²) in [5.74, 6) is 13.0. The van der Waals surface area contributed by atoms with Gasteiger partial charge in [0.1, 0.15) is 0 Å². The van der Waals surface area contributed by atoms with E-state index in [-0.39, 0.29) is 0 Å². The fraction of sp³-hybridized carbons (Fsp3) is 0.545. The Morgan fingerprint density at radius 2 is 0.705 bits per heavy atom. The first kappa shape index (κ1) is 29.4. The molecule has 0 radical (unpaired) electrons. The molecule has 0 heterocycles. The number of benzene rings is 2. The normalized spacial score (nSPS) is 41.9. The Kier molecular flexibility index (Phi) is 6.41. The molecule has 0 heteroatoms. The summed E-state index contributed by atoms with van der Waals surface area (Å²) in [6, 6.07) is 12.9. The van der Waals surface area contributed by atoms with Crippen LogP contribution in [0.1, 0.15) is 138 Å². The first-order chi connectivity index (χ1) is 20.8. The molecule has 0 spiro atoms. The van der Waals surface area contributed by atoms with Crippen LogP contribution in [0.2, 0.25) is 0 Å². The molecule has 4 atom stereocenters. The highest BCUT2D eigenvalue weighted by Gasteiger charge is 2.61. The topological polar surface area (TPSA) is 0 Å². The minimum atomic E-state index is 0.307. The average molecular weight is 577 g/mol. The Bertz CT molecular complexity index is 1470. The van der Waals surface area contributed by atoms with E-state index in [4.69, 9.17) is 25.7 Å². The van der Waals surface area contributed by atoms with E-state index in [1.165, 1.54) is 88.2 Å². The van der Waals surface area contributed by atoms with Gasteiger partial charge in [-0.1, -0.05) is 51.4 Å². The predicted molar refractivity (Wildman–Crippen MR) is 183 cm³/mol. The molecule has 0 aliphatic heterocycles. The highest BCUT2D eigenvalue weighted by molar-refractivity contribution is 5.49. The van der Waals surface area contributed by atoms with Crippen LogP contribution in [-0.4, -0.2) is 0 Å². The zero-order valence-electron chi connectivity index (χ0n) is 27.4. The van der Waals surface area contributed by atoms with Crippen molar-refractivity contribution in [3.05, 3.63) is 69.8 Å². The molecule has 8 aliphatic rings. The van der Waals surface area contributed by atoms with E-state index < -0.39 is 0 Å². The van der Waals surface area contributed by atoms with Crippen molar-refractivity contribution in [3.63, 3.8) is 0 Å². The standard InChI is InChI=1S/2C22H24/c2*1-5-16-7-17(6-2)9-19(8-16)22-12-18-10-20(3,14-22)13-21(4,11-18)15-22/h2*1-2,7-9,18H,10-15H2,3-4H3. The highest BCUT2D eigenvalue weighted by Crippen LogP contribution is 2.71. The molecule has 0 saturated heterocycles. The Morgan fingerprint density at radius 3 is 0.932 bits per heavy atom. The van der Waals surface area contributed by atoms with Gasteiger partial charge < -0.3 is 0 Å². The maximum absolute atomic E-state index is 5.67. The summed E-state index contributed by atoms with van der Waals surface area (Å²) >= 11 is 0. The molecule has 2 aromatic carbocycles. The molecule has 8 bridgehead atoms. The summed E-state index contributed by atoms with van der Waals surface area (Å²) in [6.45, 7) is 10.0. The van der Waals surface area contributed by atoms with Crippen LogP contribution in [0.25, 0.3) is 0 Å². The third kappa shape index (κ3) is 4.83. The number of terminal acetylenes is 4. The largest absolute Gasteiger partial charge is 0.115 e. The van der Waals surface area contributed by atoms with Gasteiger partial charge in [-0.2, -0.15) is 0 Å². The lowest BCUT2D eigenvalue weighted by Crippen LogP contribution is -2.56. The van der Waals surface area contributed by atoms with Gasteiger partial charge in [-0.15, -0.1) is 25.7 Å². The molecule has 0 nitrogen and oxygen atoms in total. The van der Waals surface area contributed by atoms with E-state index in [0.717, 1.165) is 34.1 Å². The van der Waals surface area contributed by atoms with Crippen LogP contribution in [0.15, 0.2) is 36.4 Å². The molecule has 2 aromatic rings. The Morgan fingerprint density at radius 1 is 0.432 bits per heavy atom. The van der Waals surface area contributed by atoms with Crippen LogP contribution < -0.4 is 0 Å². The van der Waals surface area contributed by atoms with Gasteiger partial charge in [0.15, 0.2) is 0 Å². The molecule has 0 aromatic heterocycles. The second-order valence-electron chi connectivity index (χ2n) is 18.0. The van der Waals surface area contributed by atoms with E-state index in [1.807, 2.05) is 12.1 Å². The molecule has 10 rings (SSSR count). The summed E-state index contributed by atoms with van der Waals surface area (Å²) < 4.78 is 0. The van der Waals surface area contributed by atoms with Crippen molar-refractivity contribution >= 4 is 0 Å². The molecular weight excluding hydrogens is 528 g/mol. The lowest BCUT2D eigenvalue weighted by Gasteiger charge is -2.65. The van der Waals surface area contributed by atoms with Crippen LogP contribution in [0.5, 0.6) is 0 Å². The quantitative estimate of drug-likeness (QED) is 0.312. The lowest BCUT2D eigenvalue weighted by molar-refractivity contribution is -0.110. The van der Waals surface area contributed by atoms with Crippen LogP contribution in [0.4, 0.5) is 0 Å². The van der Waals surface area contributed by atoms with Gasteiger partial charge in [-0.25, -0.2) is 0 Å². The Labute approximate surface area is 267 Å². The van der Waals surface area contributed by atoms with Crippen molar-refractivity contribution in [2.45, 2.75) is 116 Å². The fourth-order valence-electron chi connectivity index (χ4n) is 13.7. The third-order valence-corrected chi connectivity index (χ3v) is 13.0. The Hall–Kier alpha value is -3.32. The summed E-state index contributed by atoms with van der Waals surface area (Å²) in [7, 11) is 0. The van der Waals surface area contributed by atoms with Gasteiger partial charge in [0.05, 0.1) is 0 Å². The molecule has 8 saturated carbocycles. The van der Waals surface area contributed by atoms with Crippen LogP contribution in [0, 0.1) is 82.9 Å². The zero-order valence-corrected chi connectivity index (χ0v) is 27.4. The van der Waals surface area contributed by atoms with Gasteiger partial charge in [0, 0.05) is 22.3 Å². The van der Waals surface area contributed by atoms with Crippen LogP contribution in [0.3, 0.4) is 0 Å². The van der Waals surface area contributed by atoms with Crippen molar-refractivity contribution in [2.24, 2.45) is 33.5 Å². The monoisotopic (exact) mass is 576 g/mol. The Balaban J connectivity index is 0.000000142. The summed E-state index contributed by atoms with van der Waals surface area (Å²) in [6.07, 6.45) is 39.0. The summed E-state index contributed by atoms with van der Waals surface area (Å²) in [5, 5.41) is 0. The molecule has 8 fully saturated rings. The zero-order chi connectivity index (χ0) is 31.2. The second kappa shape index (κ2) is 9.59. The van der Waals surface area contributed by atoms with Gasteiger partial charge >= 0.3 is 0 Å². The second-order valence-corrected chi connectivity index (χ2v) is 18.0. The summed E-state index contributed by atoms with van der Waals surface area (Å²) in [5.41, 5.74) is 9.25. The smallest absolute Gasteiger partial charge is 0.0257 e. The van der Waals surface area contributed by atoms with Gasteiger partial charge in [-0.3, -0.25) is 0 Å². The predicted octanol–water partition coefficient (Wildman–Crippen LogP) is 9.79. The lowest BCUT2D eigenvalue weighted by atomic mass is 9.39. The van der Waals surface area contributed by atoms with E-state index in [1.54, 1.807) is 0 Å². The fourth-order valence-corrected chi connectivity index (χ4v) is 13.7. The number of rotatable bonds is 2. The van der Waals surface area contributed by atoms with Crippen molar-refractivity contribution < 1.29 is 0 Å². The molecule has 0 amide bonds. The summed E-state index contributed by atoms with van der Waals surface area (Å²) in [4.78, 5) is 0. The SMILES string of the molecule is C#Cc1cc(C#C)cc(C23CC4CC(C)(CC(C)(C4)C2)C3)c1.C#Cc1cc(C#C)cc(C23CC4CC(C)(CC(C)(C4)C2)C3)c1. The van der Waals surface area contributed by atoms with E-state index >= 15 is 0 Å². The van der Waals surface area contributed by atoms with Crippen LogP contribution in [-0.2, 0) is 10.8 Å². The molecule has 8 aliphatic carbocycles. The highest BCUT2D eigenvalue weighted by atomic mass is 14.7. The first-order valence-corrected chi connectivity index (χ1v) is 16.9. The van der Waals surface area contributed by atoms with Gasteiger partial charge in [0.2, 0.25) is 0 Å². The molecule has 224 valence electrons. The van der Waals surface area contributed by atoms with Crippen LogP contribution >= 0.6 is 0 Å². The molecule has 0 N–H and O–H groups in total. The van der Waals surface area contributed by atoms with Gasteiger partial charge in [-0.05, 0) is 169 Å².